The number of fused-ring (bicyclic) bond motifs is 5. The number of Topliss-reactive ketones (excluding diaryl/α,β-unsaturated/α-hetero) is 1. The Bertz CT molecular complexity index is 1030. The maximum atomic E-state index is 12.8. The molecule has 0 heterocycles. The number of carbonyl (C=O) groups is 2. The number of rotatable bonds is 13. The van der Waals surface area contributed by atoms with Crippen molar-refractivity contribution in [1.29, 1.82) is 0 Å². The standard InChI is InChI=1S/C41H73NO3/c1-28(27-33(43)32(42)17-11-12-18-36(44)45-37(3,4)5)15-13-16-29(2)30-21-25-40(9)31(30)19-20-35-39(8)24-14-23-38(6,7)34(39)22-26-41(35,40)10/h28-32,34-35H,11-27,42H2,1-10H3/t28?,29-,30-,31-,32?,34+,35-,39+,40-,41-/m1/s1. The van der Waals surface area contributed by atoms with Crippen molar-refractivity contribution in [3.05, 3.63) is 0 Å². The summed E-state index contributed by atoms with van der Waals surface area (Å²) in [5.41, 5.74) is 7.85. The predicted molar refractivity (Wildman–Crippen MR) is 188 cm³/mol. The molecule has 2 N–H and O–H groups in total. The van der Waals surface area contributed by atoms with E-state index in [4.69, 9.17) is 10.5 Å². The average molecular weight is 628 g/mol. The fourth-order valence-electron chi connectivity index (χ4n) is 12.4. The summed E-state index contributed by atoms with van der Waals surface area (Å²) in [6, 6.07) is -0.408. The lowest BCUT2D eigenvalue weighted by atomic mass is 9.35. The van der Waals surface area contributed by atoms with Gasteiger partial charge in [-0.25, -0.2) is 0 Å². The van der Waals surface area contributed by atoms with Gasteiger partial charge in [0.15, 0.2) is 0 Å². The summed E-state index contributed by atoms with van der Waals surface area (Å²) in [5, 5.41) is 0. The van der Waals surface area contributed by atoms with E-state index in [1.54, 1.807) is 0 Å². The topological polar surface area (TPSA) is 69.4 Å². The quantitative estimate of drug-likeness (QED) is 0.163. The molecule has 10 atom stereocenters. The Kier molecular flexibility index (Phi) is 11.4. The highest BCUT2D eigenvalue weighted by atomic mass is 16.6. The summed E-state index contributed by atoms with van der Waals surface area (Å²) in [5.74, 6) is 4.73. The number of ether oxygens (including phenoxy) is 1. The minimum absolute atomic E-state index is 0.167. The molecule has 0 radical (unpaired) electrons. The van der Waals surface area contributed by atoms with Crippen molar-refractivity contribution in [2.75, 3.05) is 0 Å². The van der Waals surface area contributed by atoms with Crippen molar-refractivity contribution in [2.45, 2.75) is 190 Å². The summed E-state index contributed by atoms with van der Waals surface area (Å²) in [4.78, 5) is 24.8. The second-order valence-corrected chi connectivity index (χ2v) is 19.3. The minimum Gasteiger partial charge on any atom is -0.460 e. The molecule has 4 rings (SSSR count). The zero-order valence-corrected chi connectivity index (χ0v) is 31.4. The zero-order chi connectivity index (χ0) is 33.4. The van der Waals surface area contributed by atoms with Gasteiger partial charge >= 0.3 is 5.97 Å². The van der Waals surface area contributed by atoms with E-state index in [0.717, 1.165) is 48.9 Å². The predicted octanol–water partition coefficient (Wildman–Crippen LogP) is 10.7. The molecule has 0 aliphatic heterocycles. The molecule has 0 bridgehead atoms. The molecule has 260 valence electrons. The molecule has 4 saturated carbocycles. The van der Waals surface area contributed by atoms with E-state index in [1.165, 1.54) is 70.6 Å². The van der Waals surface area contributed by atoms with Crippen LogP contribution >= 0.6 is 0 Å². The first-order chi connectivity index (χ1) is 20.8. The summed E-state index contributed by atoms with van der Waals surface area (Å²) >= 11 is 0. The van der Waals surface area contributed by atoms with Gasteiger partial charge < -0.3 is 10.5 Å². The van der Waals surface area contributed by atoms with Gasteiger partial charge in [0.25, 0.3) is 0 Å². The van der Waals surface area contributed by atoms with Crippen LogP contribution in [0.1, 0.15) is 178 Å². The molecule has 45 heavy (non-hydrogen) atoms. The van der Waals surface area contributed by atoms with Gasteiger partial charge in [0.05, 0.1) is 6.04 Å². The van der Waals surface area contributed by atoms with E-state index < -0.39 is 11.6 Å². The van der Waals surface area contributed by atoms with Crippen LogP contribution in [0, 0.1) is 57.2 Å². The van der Waals surface area contributed by atoms with Gasteiger partial charge in [0.1, 0.15) is 11.4 Å². The Labute approximate surface area is 278 Å². The summed E-state index contributed by atoms with van der Waals surface area (Å²) in [7, 11) is 0. The maximum Gasteiger partial charge on any atom is 0.306 e. The molecule has 0 amide bonds. The molecule has 2 unspecified atom stereocenters. The number of nitrogens with two attached hydrogens (primary N) is 1. The van der Waals surface area contributed by atoms with Gasteiger partial charge in [-0.05, 0) is 142 Å². The van der Waals surface area contributed by atoms with Gasteiger partial charge in [0.2, 0.25) is 0 Å². The van der Waals surface area contributed by atoms with Crippen LogP contribution in [0.2, 0.25) is 0 Å². The molecule has 4 aliphatic rings. The second-order valence-electron chi connectivity index (χ2n) is 19.3. The first-order valence-electron chi connectivity index (χ1n) is 19.3. The normalized spacial score (nSPS) is 37.9. The van der Waals surface area contributed by atoms with E-state index in [0.29, 0.717) is 46.8 Å². The number of esters is 1. The van der Waals surface area contributed by atoms with Crippen molar-refractivity contribution in [1.82, 2.24) is 0 Å². The molecule has 0 spiro atoms. The minimum atomic E-state index is -0.447. The molecular weight excluding hydrogens is 554 g/mol. The fraction of sp³-hybridized carbons (Fsp3) is 0.951. The highest BCUT2D eigenvalue weighted by Crippen LogP contribution is 2.75. The smallest absolute Gasteiger partial charge is 0.306 e. The molecule has 4 nitrogen and oxygen atoms in total. The van der Waals surface area contributed by atoms with Crippen LogP contribution in [0.15, 0.2) is 0 Å². The van der Waals surface area contributed by atoms with Gasteiger partial charge in [-0.2, -0.15) is 0 Å². The van der Waals surface area contributed by atoms with Gasteiger partial charge in [-0.1, -0.05) is 80.6 Å². The summed E-state index contributed by atoms with van der Waals surface area (Å²) in [6.07, 6.45) is 19.8. The Morgan fingerprint density at radius 2 is 1.49 bits per heavy atom. The SMILES string of the molecule is CC(CCC[C@@H](C)[C@H]1CC[C@]2(C)[C@@H]1CC[C@@H]1[C@@]3(C)CCCC(C)(C)[C@@H]3CC[C@]12C)CC(=O)C(N)CCCCC(=O)OC(C)(C)C. The lowest BCUT2D eigenvalue weighted by Gasteiger charge is -2.69. The number of unbranched alkanes of at least 4 members (excludes halogenated alkanes) is 1. The van der Waals surface area contributed by atoms with Crippen LogP contribution in [0.5, 0.6) is 0 Å². The largest absolute Gasteiger partial charge is 0.460 e. The fourth-order valence-corrected chi connectivity index (χ4v) is 12.4. The van der Waals surface area contributed by atoms with Crippen LogP contribution < -0.4 is 5.73 Å². The molecule has 4 heteroatoms. The number of carbonyl (C=O) groups excluding carboxylic acids is 2. The van der Waals surface area contributed by atoms with Crippen molar-refractivity contribution in [3.8, 4) is 0 Å². The summed E-state index contributed by atoms with van der Waals surface area (Å²) in [6.45, 7) is 23.8. The molecule has 0 aromatic rings. The van der Waals surface area contributed by atoms with Crippen molar-refractivity contribution >= 4 is 11.8 Å². The van der Waals surface area contributed by atoms with Gasteiger partial charge in [0, 0.05) is 12.8 Å². The van der Waals surface area contributed by atoms with E-state index >= 15 is 0 Å². The van der Waals surface area contributed by atoms with E-state index in [-0.39, 0.29) is 11.8 Å². The molecule has 4 aliphatic carbocycles. The van der Waals surface area contributed by atoms with E-state index in [2.05, 4.69) is 48.5 Å². The Morgan fingerprint density at radius 1 is 0.800 bits per heavy atom. The highest BCUT2D eigenvalue weighted by molar-refractivity contribution is 5.83. The van der Waals surface area contributed by atoms with E-state index in [9.17, 15) is 9.59 Å². The Balaban J connectivity index is 1.22. The van der Waals surface area contributed by atoms with Crippen LogP contribution in [0.25, 0.3) is 0 Å². The number of hydrogen-bond donors (Lipinski definition) is 1. The average Bonchev–Trinajstić information content (AvgIpc) is 3.27. The van der Waals surface area contributed by atoms with Crippen molar-refractivity contribution < 1.29 is 14.3 Å². The first kappa shape index (κ1) is 36.9. The first-order valence-corrected chi connectivity index (χ1v) is 19.3. The van der Waals surface area contributed by atoms with Gasteiger partial charge in [-0.15, -0.1) is 0 Å². The lowest BCUT2D eigenvalue weighted by molar-refractivity contribution is -0.203. The van der Waals surface area contributed by atoms with Gasteiger partial charge in [-0.3, -0.25) is 9.59 Å². The zero-order valence-electron chi connectivity index (χ0n) is 31.4. The van der Waals surface area contributed by atoms with Crippen LogP contribution in [-0.2, 0) is 14.3 Å². The Morgan fingerprint density at radius 3 is 2.18 bits per heavy atom. The lowest BCUT2D eigenvalue weighted by Crippen LogP contribution is -2.62. The molecule has 0 aromatic carbocycles. The van der Waals surface area contributed by atoms with Crippen LogP contribution in [0.4, 0.5) is 0 Å². The molecule has 0 saturated heterocycles. The van der Waals surface area contributed by atoms with Crippen molar-refractivity contribution in [2.24, 2.45) is 62.9 Å². The number of hydrogen-bond acceptors (Lipinski definition) is 4. The third-order valence-corrected chi connectivity index (χ3v) is 14.8. The Hall–Kier alpha value is -0.900. The second kappa shape index (κ2) is 13.9. The summed E-state index contributed by atoms with van der Waals surface area (Å²) < 4.78 is 5.38. The van der Waals surface area contributed by atoms with E-state index in [1.807, 2.05) is 20.8 Å². The molecule has 4 fully saturated rings. The molecule has 0 aromatic heterocycles. The molecular formula is C41H73NO3. The third-order valence-electron chi connectivity index (χ3n) is 14.8. The highest BCUT2D eigenvalue weighted by Gasteiger charge is 2.67. The monoisotopic (exact) mass is 628 g/mol. The van der Waals surface area contributed by atoms with Crippen LogP contribution in [-0.4, -0.2) is 23.4 Å². The van der Waals surface area contributed by atoms with Crippen molar-refractivity contribution in [3.63, 3.8) is 0 Å². The third kappa shape index (κ3) is 7.72. The maximum absolute atomic E-state index is 12.8. The van der Waals surface area contributed by atoms with Crippen LogP contribution in [0.3, 0.4) is 0 Å². The number of ketones is 1.